The lowest BCUT2D eigenvalue weighted by Gasteiger charge is -2.18. The second kappa shape index (κ2) is 6.08. The average molecular weight is 266 g/mol. The molecule has 1 amide bonds. The molecule has 0 radical (unpaired) electrons. The van der Waals surface area contributed by atoms with Crippen LogP contribution < -0.4 is 10.2 Å². The van der Waals surface area contributed by atoms with Gasteiger partial charge in [0.2, 0.25) is 0 Å². The Balaban J connectivity index is 2.60. The maximum atomic E-state index is 11.3. The zero-order chi connectivity index (χ0) is 14.5. The van der Waals surface area contributed by atoms with Gasteiger partial charge in [0.05, 0.1) is 13.3 Å². The van der Waals surface area contributed by atoms with Crippen molar-refractivity contribution in [3.63, 3.8) is 0 Å². The van der Waals surface area contributed by atoms with Gasteiger partial charge in [0.15, 0.2) is 11.5 Å². The lowest BCUT2D eigenvalue weighted by atomic mass is 10.2. The Labute approximate surface area is 112 Å². The van der Waals surface area contributed by atoms with Crippen LogP contribution in [0.2, 0.25) is 0 Å². The van der Waals surface area contributed by atoms with Crippen LogP contribution in [0, 0.1) is 0 Å². The van der Waals surface area contributed by atoms with Gasteiger partial charge in [-0.15, -0.1) is 0 Å². The van der Waals surface area contributed by atoms with E-state index in [2.05, 4.69) is 10.5 Å². The highest BCUT2D eigenvalue weighted by molar-refractivity contribution is 5.82. The molecule has 1 aromatic rings. The van der Waals surface area contributed by atoms with Crippen LogP contribution >= 0.6 is 0 Å². The van der Waals surface area contributed by atoms with Gasteiger partial charge in [-0.05, 0) is 44.5 Å². The first-order valence-electron chi connectivity index (χ1n) is 5.71. The van der Waals surface area contributed by atoms with Gasteiger partial charge in [0.1, 0.15) is 5.60 Å². The van der Waals surface area contributed by atoms with E-state index in [1.165, 1.54) is 19.4 Å². The lowest BCUT2D eigenvalue weighted by Crippen LogP contribution is -2.29. The fourth-order valence-corrected chi connectivity index (χ4v) is 1.23. The number of hydrogen-bond acceptors (Lipinski definition) is 5. The smallest absolute Gasteiger partial charge is 0.428 e. The maximum Gasteiger partial charge on any atom is 0.428 e. The van der Waals surface area contributed by atoms with Crippen molar-refractivity contribution in [2.24, 2.45) is 5.10 Å². The minimum absolute atomic E-state index is 0.0414. The minimum atomic E-state index is -0.630. The van der Waals surface area contributed by atoms with Crippen molar-refractivity contribution in [1.29, 1.82) is 0 Å². The normalized spacial score (nSPS) is 11.4. The molecule has 0 heterocycles. The summed E-state index contributed by atoms with van der Waals surface area (Å²) >= 11 is 0. The van der Waals surface area contributed by atoms with Crippen LogP contribution in [-0.2, 0) is 4.74 Å². The van der Waals surface area contributed by atoms with E-state index < -0.39 is 11.7 Å². The van der Waals surface area contributed by atoms with E-state index in [1.54, 1.807) is 32.9 Å². The molecule has 0 aromatic heterocycles. The number of nitrogens with zero attached hydrogens (tertiary/aromatic N) is 1. The number of phenolic OH excluding ortho intramolecular Hbond substituents is 1. The first-order valence-corrected chi connectivity index (χ1v) is 5.71. The van der Waals surface area contributed by atoms with Crippen LogP contribution in [0.25, 0.3) is 0 Å². The van der Waals surface area contributed by atoms with Gasteiger partial charge in [-0.1, -0.05) is 0 Å². The number of ether oxygens (including phenoxy) is 2. The number of hydrazone groups is 1. The first-order chi connectivity index (χ1) is 8.81. The number of rotatable bonds is 3. The molecule has 0 unspecified atom stereocenters. The van der Waals surface area contributed by atoms with Gasteiger partial charge in [-0.25, -0.2) is 10.2 Å². The molecular weight excluding hydrogens is 248 g/mol. The van der Waals surface area contributed by atoms with Crippen LogP contribution in [-0.4, -0.2) is 30.1 Å². The van der Waals surface area contributed by atoms with Crippen LogP contribution in [0.5, 0.6) is 11.5 Å². The van der Waals surface area contributed by atoms with Crippen molar-refractivity contribution >= 4 is 12.3 Å². The highest BCUT2D eigenvalue weighted by Crippen LogP contribution is 2.25. The second-order valence-corrected chi connectivity index (χ2v) is 4.80. The molecule has 1 aromatic carbocycles. The topological polar surface area (TPSA) is 80.2 Å². The summed E-state index contributed by atoms with van der Waals surface area (Å²) < 4.78 is 9.97. The van der Waals surface area contributed by atoms with Crippen LogP contribution in [0.3, 0.4) is 0 Å². The van der Waals surface area contributed by atoms with E-state index in [-0.39, 0.29) is 5.75 Å². The lowest BCUT2D eigenvalue weighted by molar-refractivity contribution is 0.0529. The Bertz CT molecular complexity index is 478. The average Bonchev–Trinajstić information content (AvgIpc) is 2.29. The summed E-state index contributed by atoms with van der Waals surface area (Å²) in [5, 5.41) is 13.2. The first kappa shape index (κ1) is 14.8. The zero-order valence-electron chi connectivity index (χ0n) is 11.4. The number of amides is 1. The molecule has 0 aliphatic heterocycles. The third kappa shape index (κ3) is 5.29. The van der Waals surface area contributed by atoms with Gasteiger partial charge in [0.25, 0.3) is 0 Å². The fourth-order valence-electron chi connectivity index (χ4n) is 1.23. The molecule has 0 atom stereocenters. The third-order valence-corrected chi connectivity index (χ3v) is 1.97. The van der Waals surface area contributed by atoms with Crippen molar-refractivity contribution < 1.29 is 19.4 Å². The minimum Gasteiger partial charge on any atom is -0.504 e. The summed E-state index contributed by atoms with van der Waals surface area (Å²) in [5.74, 6) is 0.376. The van der Waals surface area contributed by atoms with E-state index >= 15 is 0 Å². The molecule has 6 heteroatoms. The molecule has 0 fully saturated rings. The summed E-state index contributed by atoms with van der Waals surface area (Å²) in [6, 6.07) is 4.71. The van der Waals surface area contributed by atoms with Crippen LogP contribution in [0.1, 0.15) is 26.3 Å². The molecule has 104 valence electrons. The molecule has 0 aliphatic rings. The molecular formula is C13H18N2O4. The SMILES string of the molecule is COc1cc(C=NNC(=O)OC(C)(C)C)ccc1O. The van der Waals surface area contributed by atoms with Gasteiger partial charge < -0.3 is 14.6 Å². The molecule has 6 nitrogen and oxygen atoms in total. The van der Waals surface area contributed by atoms with E-state index in [4.69, 9.17) is 9.47 Å². The Morgan fingerprint density at radius 2 is 2.11 bits per heavy atom. The van der Waals surface area contributed by atoms with Gasteiger partial charge in [0, 0.05) is 0 Å². The molecule has 19 heavy (non-hydrogen) atoms. The largest absolute Gasteiger partial charge is 0.504 e. The molecule has 0 bridgehead atoms. The third-order valence-electron chi connectivity index (χ3n) is 1.97. The number of nitrogens with one attached hydrogen (secondary N) is 1. The summed E-state index contributed by atoms with van der Waals surface area (Å²) in [6.07, 6.45) is 0.792. The highest BCUT2D eigenvalue weighted by Gasteiger charge is 2.15. The van der Waals surface area contributed by atoms with E-state index in [1.807, 2.05) is 0 Å². The molecule has 0 saturated carbocycles. The van der Waals surface area contributed by atoms with Gasteiger partial charge in [-0.2, -0.15) is 5.10 Å². The quantitative estimate of drug-likeness (QED) is 0.649. The van der Waals surface area contributed by atoms with Crippen molar-refractivity contribution in [3.05, 3.63) is 23.8 Å². The van der Waals surface area contributed by atoms with Crippen molar-refractivity contribution in [2.75, 3.05) is 7.11 Å². The van der Waals surface area contributed by atoms with E-state index in [0.717, 1.165) is 0 Å². The number of aromatic hydroxyl groups is 1. The van der Waals surface area contributed by atoms with Crippen molar-refractivity contribution in [1.82, 2.24) is 5.43 Å². The molecule has 0 saturated heterocycles. The predicted octanol–water partition coefficient (Wildman–Crippen LogP) is 2.26. The monoisotopic (exact) mass is 266 g/mol. The second-order valence-electron chi connectivity index (χ2n) is 4.80. The van der Waals surface area contributed by atoms with E-state index in [0.29, 0.717) is 11.3 Å². The van der Waals surface area contributed by atoms with Crippen LogP contribution in [0.15, 0.2) is 23.3 Å². The van der Waals surface area contributed by atoms with Crippen molar-refractivity contribution in [3.8, 4) is 11.5 Å². The van der Waals surface area contributed by atoms with Crippen molar-refractivity contribution in [2.45, 2.75) is 26.4 Å². The number of carbonyl (C=O) groups excluding carboxylic acids is 1. The maximum absolute atomic E-state index is 11.3. The zero-order valence-corrected chi connectivity index (χ0v) is 11.4. The predicted molar refractivity (Wildman–Crippen MR) is 71.6 cm³/mol. The number of benzene rings is 1. The molecule has 1 rings (SSSR count). The summed E-state index contributed by atoms with van der Waals surface area (Å²) in [4.78, 5) is 11.3. The van der Waals surface area contributed by atoms with Gasteiger partial charge in [-0.3, -0.25) is 0 Å². The summed E-state index contributed by atoms with van der Waals surface area (Å²) in [6.45, 7) is 5.30. The summed E-state index contributed by atoms with van der Waals surface area (Å²) in [7, 11) is 1.45. The van der Waals surface area contributed by atoms with E-state index in [9.17, 15) is 9.90 Å². The Kier molecular flexibility index (Phi) is 4.74. The standard InChI is InChI=1S/C13H18N2O4/c1-13(2,3)19-12(17)15-14-8-9-5-6-10(16)11(7-9)18-4/h5-8,16H,1-4H3,(H,15,17). The molecule has 0 spiro atoms. The highest BCUT2D eigenvalue weighted by atomic mass is 16.6. The molecule has 0 aliphatic carbocycles. The number of carbonyl (C=O) groups is 1. The summed E-state index contributed by atoms with van der Waals surface area (Å²) in [5.41, 5.74) is 2.35. The number of hydrogen-bond donors (Lipinski definition) is 2. The number of phenols is 1. The fraction of sp³-hybridized carbons (Fsp3) is 0.385. The molecule has 2 N–H and O–H groups in total. The van der Waals surface area contributed by atoms with Gasteiger partial charge >= 0.3 is 6.09 Å². The van der Waals surface area contributed by atoms with Crippen LogP contribution in [0.4, 0.5) is 4.79 Å². The Morgan fingerprint density at radius 1 is 1.42 bits per heavy atom. The Morgan fingerprint density at radius 3 is 2.68 bits per heavy atom. The number of methoxy groups -OCH3 is 1. The Hall–Kier alpha value is -2.24.